The monoisotopic (exact) mass is 461 g/mol. The molecule has 0 spiro atoms. The third-order valence-electron chi connectivity index (χ3n) is 3.39. The number of primary sulfonamides is 1. The first-order chi connectivity index (χ1) is 13.1. The Morgan fingerprint density at radius 3 is 2.43 bits per heavy atom. The van der Waals surface area contributed by atoms with Gasteiger partial charge in [0.2, 0.25) is 15.9 Å². The van der Waals surface area contributed by atoms with Crippen molar-refractivity contribution in [2.24, 2.45) is 5.14 Å². The van der Waals surface area contributed by atoms with Crippen LogP contribution in [0.15, 0.2) is 47.4 Å². The summed E-state index contributed by atoms with van der Waals surface area (Å²) in [6.45, 7) is 0.296. The third kappa shape index (κ3) is 7.25. The molecule has 11 heteroatoms. The van der Waals surface area contributed by atoms with Crippen LogP contribution in [0.5, 0.6) is 5.75 Å². The molecule has 0 heterocycles. The Morgan fingerprint density at radius 1 is 1.14 bits per heavy atom. The van der Waals surface area contributed by atoms with E-state index in [1.54, 1.807) is 18.2 Å². The number of carbonyl (C=O) groups is 1. The van der Waals surface area contributed by atoms with Gasteiger partial charge in [-0.1, -0.05) is 23.2 Å². The molecule has 150 valence electrons. The number of rotatable bonds is 7. The number of hydrogen-bond acceptors (Lipinski definition) is 5. The van der Waals surface area contributed by atoms with Crippen LogP contribution in [0.3, 0.4) is 0 Å². The number of ether oxygens (including phenoxy) is 1. The Hall–Kier alpha value is -1.91. The van der Waals surface area contributed by atoms with Crippen molar-refractivity contribution in [1.29, 1.82) is 0 Å². The lowest BCUT2D eigenvalue weighted by Crippen LogP contribution is -2.34. The first-order valence-corrected chi connectivity index (χ1v) is 10.7. The quantitative estimate of drug-likeness (QED) is 0.430. The fourth-order valence-corrected chi connectivity index (χ4v) is 3.30. The zero-order chi connectivity index (χ0) is 20.7. The number of thiocarbonyl (C=S) groups is 1. The highest BCUT2D eigenvalue weighted by molar-refractivity contribution is 7.89. The van der Waals surface area contributed by atoms with Gasteiger partial charge in [-0.05, 0) is 61.1 Å². The number of nitrogens with two attached hydrogens (primary N) is 1. The minimum absolute atomic E-state index is 0.0196. The Kier molecular flexibility index (Phi) is 8.02. The number of carbonyl (C=O) groups excluding carboxylic acids is 1. The summed E-state index contributed by atoms with van der Waals surface area (Å²) in [6.07, 6.45) is 0.647. The summed E-state index contributed by atoms with van der Waals surface area (Å²) in [5.41, 5.74) is 0.512. The van der Waals surface area contributed by atoms with Crippen molar-refractivity contribution < 1.29 is 17.9 Å². The van der Waals surface area contributed by atoms with Crippen LogP contribution in [0.1, 0.15) is 12.8 Å². The SMILES string of the molecule is NS(=O)(=O)c1ccc(NC(=S)NC(=O)CCCOc2ccc(Cl)cc2Cl)cc1. The van der Waals surface area contributed by atoms with Crippen LogP contribution < -0.4 is 20.5 Å². The van der Waals surface area contributed by atoms with E-state index in [-0.39, 0.29) is 22.3 Å². The second kappa shape index (κ2) is 10.0. The molecule has 0 aromatic heterocycles. The highest BCUT2D eigenvalue weighted by atomic mass is 35.5. The minimum Gasteiger partial charge on any atom is -0.492 e. The summed E-state index contributed by atoms with van der Waals surface area (Å²) in [7, 11) is -3.76. The molecular formula is C17H17Cl2N3O4S2. The van der Waals surface area contributed by atoms with Gasteiger partial charge in [0.05, 0.1) is 16.5 Å². The van der Waals surface area contributed by atoms with Crippen LogP contribution in [-0.2, 0) is 14.8 Å². The van der Waals surface area contributed by atoms with Gasteiger partial charge in [0.25, 0.3) is 0 Å². The van der Waals surface area contributed by atoms with E-state index in [9.17, 15) is 13.2 Å². The van der Waals surface area contributed by atoms with Gasteiger partial charge in [-0.3, -0.25) is 4.79 Å². The molecule has 28 heavy (non-hydrogen) atoms. The van der Waals surface area contributed by atoms with Crippen LogP contribution >= 0.6 is 35.4 Å². The maximum absolute atomic E-state index is 11.9. The number of halogens is 2. The van der Waals surface area contributed by atoms with E-state index in [2.05, 4.69) is 10.6 Å². The van der Waals surface area contributed by atoms with Crippen LogP contribution in [0.4, 0.5) is 5.69 Å². The van der Waals surface area contributed by atoms with E-state index in [1.807, 2.05) is 0 Å². The molecule has 2 rings (SSSR count). The van der Waals surface area contributed by atoms with Crippen LogP contribution in [0.2, 0.25) is 10.0 Å². The summed E-state index contributed by atoms with van der Waals surface area (Å²) in [5.74, 6) is 0.205. The molecule has 0 radical (unpaired) electrons. The average molecular weight is 462 g/mol. The molecule has 0 aliphatic heterocycles. The first-order valence-electron chi connectivity index (χ1n) is 7.97. The van der Waals surface area contributed by atoms with E-state index in [0.29, 0.717) is 34.5 Å². The molecule has 2 aromatic carbocycles. The summed E-state index contributed by atoms with van der Waals surface area (Å²) in [5, 5.41) is 11.3. The van der Waals surface area contributed by atoms with Gasteiger partial charge in [0, 0.05) is 17.1 Å². The Labute approximate surface area is 178 Å². The zero-order valence-electron chi connectivity index (χ0n) is 14.4. The molecule has 1 amide bonds. The lowest BCUT2D eigenvalue weighted by Gasteiger charge is -2.11. The predicted octanol–water partition coefficient (Wildman–Crippen LogP) is 3.31. The smallest absolute Gasteiger partial charge is 0.238 e. The third-order valence-corrected chi connectivity index (χ3v) is 5.06. The van der Waals surface area contributed by atoms with Gasteiger partial charge >= 0.3 is 0 Å². The largest absolute Gasteiger partial charge is 0.492 e. The standard InChI is InChI=1S/C17H17Cl2N3O4S2/c18-11-3-8-15(14(19)10-11)26-9-1-2-16(23)22-17(27)21-12-4-6-13(7-5-12)28(20,24)25/h3-8,10H,1-2,9H2,(H2,20,24,25)(H2,21,22,23,27). The molecule has 0 unspecified atom stereocenters. The number of nitrogens with one attached hydrogen (secondary N) is 2. The Balaban J connectivity index is 1.73. The molecule has 0 aliphatic carbocycles. The summed E-state index contributed by atoms with van der Waals surface area (Å²) < 4.78 is 27.9. The van der Waals surface area contributed by atoms with E-state index < -0.39 is 10.0 Å². The van der Waals surface area contributed by atoms with E-state index >= 15 is 0 Å². The topological polar surface area (TPSA) is 111 Å². The zero-order valence-corrected chi connectivity index (χ0v) is 17.6. The van der Waals surface area contributed by atoms with Crippen molar-refractivity contribution in [2.75, 3.05) is 11.9 Å². The molecular weight excluding hydrogens is 445 g/mol. The minimum atomic E-state index is -3.76. The average Bonchev–Trinajstić information content (AvgIpc) is 2.59. The lowest BCUT2D eigenvalue weighted by atomic mass is 10.3. The van der Waals surface area contributed by atoms with Gasteiger partial charge in [0.15, 0.2) is 5.11 Å². The molecule has 0 saturated heterocycles. The highest BCUT2D eigenvalue weighted by Crippen LogP contribution is 2.27. The Morgan fingerprint density at radius 2 is 1.82 bits per heavy atom. The second-order valence-electron chi connectivity index (χ2n) is 5.60. The number of anilines is 1. The fraction of sp³-hybridized carbons (Fsp3) is 0.176. The molecule has 0 aliphatic rings. The number of sulfonamides is 1. The van der Waals surface area contributed by atoms with Gasteiger partial charge in [-0.2, -0.15) is 0 Å². The Bertz CT molecular complexity index is 967. The highest BCUT2D eigenvalue weighted by Gasteiger charge is 2.09. The normalized spacial score (nSPS) is 11.0. The second-order valence-corrected chi connectivity index (χ2v) is 8.41. The molecule has 2 aromatic rings. The van der Waals surface area contributed by atoms with E-state index in [1.165, 1.54) is 24.3 Å². The van der Waals surface area contributed by atoms with E-state index in [0.717, 1.165) is 0 Å². The van der Waals surface area contributed by atoms with Crippen LogP contribution in [0, 0.1) is 0 Å². The van der Waals surface area contributed by atoms with Gasteiger partial charge in [-0.15, -0.1) is 0 Å². The molecule has 0 saturated carbocycles. The predicted molar refractivity (Wildman–Crippen MR) is 113 cm³/mol. The van der Waals surface area contributed by atoms with Crippen LogP contribution in [0.25, 0.3) is 0 Å². The molecule has 0 atom stereocenters. The molecule has 7 nitrogen and oxygen atoms in total. The van der Waals surface area contributed by atoms with Gasteiger partial charge in [-0.25, -0.2) is 13.6 Å². The lowest BCUT2D eigenvalue weighted by molar-refractivity contribution is -0.119. The maximum atomic E-state index is 11.9. The molecule has 0 fully saturated rings. The number of benzene rings is 2. The number of amides is 1. The maximum Gasteiger partial charge on any atom is 0.238 e. The van der Waals surface area contributed by atoms with Crippen molar-refractivity contribution in [3.05, 3.63) is 52.5 Å². The van der Waals surface area contributed by atoms with Crippen molar-refractivity contribution >= 4 is 62.2 Å². The van der Waals surface area contributed by atoms with Gasteiger partial charge in [0.1, 0.15) is 5.75 Å². The van der Waals surface area contributed by atoms with Crippen molar-refractivity contribution in [3.8, 4) is 5.75 Å². The fourth-order valence-electron chi connectivity index (χ4n) is 2.09. The summed E-state index contributed by atoms with van der Waals surface area (Å²) in [6, 6.07) is 10.5. The van der Waals surface area contributed by atoms with Crippen molar-refractivity contribution in [1.82, 2.24) is 5.32 Å². The first kappa shape index (κ1) is 22.4. The van der Waals surface area contributed by atoms with Crippen LogP contribution in [-0.4, -0.2) is 26.0 Å². The van der Waals surface area contributed by atoms with Gasteiger partial charge < -0.3 is 15.4 Å². The molecule has 4 N–H and O–H groups in total. The summed E-state index contributed by atoms with van der Waals surface area (Å²) in [4.78, 5) is 11.9. The summed E-state index contributed by atoms with van der Waals surface area (Å²) >= 11 is 16.9. The molecule has 0 bridgehead atoms. The number of hydrogen-bond donors (Lipinski definition) is 3. The van der Waals surface area contributed by atoms with E-state index in [4.69, 9.17) is 45.3 Å². The van der Waals surface area contributed by atoms with Crippen molar-refractivity contribution in [3.63, 3.8) is 0 Å². The van der Waals surface area contributed by atoms with Crippen molar-refractivity contribution in [2.45, 2.75) is 17.7 Å².